The number of fused-ring (bicyclic) bond motifs is 1. The lowest BCUT2D eigenvalue weighted by Crippen LogP contribution is -2.63. The molecule has 4 heterocycles. The quantitative estimate of drug-likeness (QED) is 0.641. The molecule has 0 radical (unpaired) electrons. The minimum Gasteiger partial charge on any atom is -0.361 e. The number of pyridine rings is 2. The van der Waals surface area contributed by atoms with E-state index in [4.69, 9.17) is 11.6 Å². The van der Waals surface area contributed by atoms with Crippen molar-refractivity contribution in [1.29, 1.82) is 0 Å². The lowest BCUT2D eigenvalue weighted by molar-refractivity contribution is -0.133. The maximum atomic E-state index is 13.3. The molecule has 0 spiro atoms. The van der Waals surface area contributed by atoms with Crippen LogP contribution in [0.15, 0.2) is 36.7 Å². The zero-order valence-electron chi connectivity index (χ0n) is 18.7. The van der Waals surface area contributed by atoms with E-state index in [2.05, 4.69) is 33.6 Å². The van der Waals surface area contributed by atoms with Gasteiger partial charge in [0.25, 0.3) is 11.7 Å². The fourth-order valence-corrected chi connectivity index (χ4v) is 4.05. The van der Waals surface area contributed by atoms with Crippen molar-refractivity contribution in [2.45, 2.75) is 39.8 Å². The monoisotopic (exact) mass is 430 g/mol. The molecule has 4 rings (SSSR count). The number of aromatic nitrogens is 3. The molecule has 8 nitrogen and oxygen atoms in total. The Kier molecular flexibility index (Phi) is 5.43. The summed E-state index contributed by atoms with van der Waals surface area (Å²) >= 11 is 0. The summed E-state index contributed by atoms with van der Waals surface area (Å²) in [7, 11) is 0. The molecule has 1 N–H and O–H groups in total. The number of nitrogens with zero attached hydrogens (tertiary/aromatic N) is 5. The second-order valence-corrected chi connectivity index (χ2v) is 8.95. The van der Waals surface area contributed by atoms with E-state index in [1.165, 1.54) is 0 Å². The van der Waals surface area contributed by atoms with E-state index < -0.39 is 5.54 Å². The number of piperazine rings is 1. The molecule has 0 unspecified atom stereocenters. The van der Waals surface area contributed by atoms with Gasteiger partial charge in [0.15, 0.2) is 0 Å². The maximum absolute atomic E-state index is 13.3. The summed E-state index contributed by atoms with van der Waals surface area (Å²) in [5, 5.41) is 3.73. The molecule has 1 aliphatic rings. The lowest BCUT2D eigenvalue weighted by atomic mass is 9.98. The van der Waals surface area contributed by atoms with Crippen molar-refractivity contribution in [3.8, 4) is 11.1 Å². The van der Waals surface area contributed by atoms with Gasteiger partial charge in [-0.05, 0) is 38.0 Å². The molecule has 3 aromatic rings. The summed E-state index contributed by atoms with van der Waals surface area (Å²) in [4.78, 5) is 39.5. The van der Waals surface area contributed by atoms with Gasteiger partial charge < -0.3 is 19.6 Å². The lowest BCUT2D eigenvalue weighted by Gasteiger charge is -2.40. The third-order valence-corrected chi connectivity index (χ3v) is 5.77. The number of hydrogen-bond donors (Lipinski definition) is 1. The Hall–Kier alpha value is -3.73. The molecule has 0 aromatic carbocycles. The summed E-state index contributed by atoms with van der Waals surface area (Å²) in [5.74, 6) is 0.304. The van der Waals surface area contributed by atoms with Gasteiger partial charge in [-0.25, -0.2) is 4.98 Å². The number of hydrogen-bond acceptors (Lipinski definition) is 4. The van der Waals surface area contributed by atoms with Crippen molar-refractivity contribution in [1.82, 2.24) is 24.8 Å². The van der Waals surface area contributed by atoms with Crippen LogP contribution < -0.4 is 5.32 Å². The second-order valence-electron chi connectivity index (χ2n) is 8.95. The molecule has 0 bridgehead atoms. The van der Waals surface area contributed by atoms with Gasteiger partial charge in [0.1, 0.15) is 23.1 Å². The van der Waals surface area contributed by atoms with Crippen molar-refractivity contribution in [2.75, 3.05) is 13.1 Å². The molecule has 0 aliphatic carbocycles. The normalized spacial score (nSPS) is 15.6. The Morgan fingerprint density at radius 3 is 2.72 bits per heavy atom. The fraction of sp³-hybridized carbons (Fsp3) is 0.375. The highest BCUT2D eigenvalue weighted by atomic mass is 16.2. The van der Waals surface area contributed by atoms with Crippen LogP contribution in [-0.4, -0.2) is 49.9 Å². The summed E-state index contributed by atoms with van der Waals surface area (Å²) in [6.45, 7) is 16.5. The topological polar surface area (TPSA) is 84.5 Å². The summed E-state index contributed by atoms with van der Waals surface area (Å²) in [6, 6.07) is 7.20. The van der Waals surface area contributed by atoms with E-state index in [1.807, 2.05) is 18.3 Å². The van der Waals surface area contributed by atoms with Gasteiger partial charge >= 0.3 is 0 Å². The Balaban J connectivity index is 1.79. The Labute approximate surface area is 187 Å². The fourth-order valence-electron chi connectivity index (χ4n) is 4.05. The summed E-state index contributed by atoms with van der Waals surface area (Å²) in [5.41, 5.74) is 1.94. The first-order valence-corrected chi connectivity index (χ1v) is 10.7. The van der Waals surface area contributed by atoms with Crippen molar-refractivity contribution >= 4 is 28.7 Å². The van der Waals surface area contributed by atoms with Gasteiger partial charge in [0, 0.05) is 42.3 Å². The zero-order chi connectivity index (χ0) is 23.0. The average Bonchev–Trinajstić information content (AvgIpc) is 3.12. The number of carbonyl (C=O) groups is 2. The highest BCUT2D eigenvalue weighted by molar-refractivity contribution is 6.01. The molecule has 32 heavy (non-hydrogen) atoms. The second kappa shape index (κ2) is 8.08. The van der Waals surface area contributed by atoms with E-state index in [0.29, 0.717) is 36.2 Å². The highest BCUT2D eigenvalue weighted by Crippen LogP contribution is 2.31. The third kappa shape index (κ3) is 3.71. The van der Waals surface area contributed by atoms with Gasteiger partial charge in [-0.3, -0.25) is 9.59 Å². The smallest absolute Gasteiger partial charge is 0.273 e. The van der Waals surface area contributed by atoms with Gasteiger partial charge in [0.2, 0.25) is 5.91 Å². The zero-order valence-corrected chi connectivity index (χ0v) is 18.7. The van der Waals surface area contributed by atoms with E-state index in [1.54, 1.807) is 37.1 Å². The third-order valence-electron chi connectivity index (χ3n) is 5.77. The van der Waals surface area contributed by atoms with E-state index in [-0.39, 0.29) is 11.8 Å². The molecule has 164 valence electrons. The van der Waals surface area contributed by atoms with Crippen LogP contribution in [0.1, 0.15) is 38.2 Å². The van der Waals surface area contributed by atoms with Crippen LogP contribution in [0.4, 0.5) is 5.82 Å². The molecule has 1 aliphatic heterocycles. The van der Waals surface area contributed by atoms with Gasteiger partial charge in [-0.1, -0.05) is 26.5 Å². The number of carbonyl (C=O) groups excluding carboxylic acids is 2. The van der Waals surface area contributed by atoms with Crippen LogP contribution in [0, 0.1) is 12.5 Å². The maximum Gasteiger partial charge on any atom is 0.273 e. The Morgan fingerprint density at radius 2 is 2.06 bits per heavy atom. The van der Waals surface area contributed by atoms with E-state index in [9.17, 15) is 9.59 Å². The SMILES string of the molecule is [C-]#[N+]c1ccc(-c2cn(CC(C)C)c3nc(C(=O)N4CCNC(=O)C4(C)C)ccc23)cn1. The molecule has 2 amide bonds. The van der Waals surface area contributed by atoms with Crippen molar-refractivity contribution < 1.29 is 9.59 Å². The van der Waals surface area contributed by atoms with Gasteiger partial charge in [0.05, 0.1) is 0 Å². The molecular weight excluding hydrogens is 404 g/mol. The van der Waals surface area contributed by atoms with Crippen LogP contribution in [-0.2, 0) is 11.3 Å². The first kappa shape index (κ1) is 21.5. The minimum atomic E-state index is -0.937. The van der Waals surface area contributed by atoms with Gasteiger partial charge in [-0.2, -0.15) is 0 Å². The largest absolute Gasteiger partial charge is 0.361 e. The average molecular weight is 431 g/mol. The van der Waals surface area contributed by atoms with Crippen molar-refractivity contribution in [2.24, 2.45) is 5.92 Å². The van der Waals surface area contributed by atoms with Crippen molar-refractivity contribution in [3.05, 3.63) is 53.8 Å². The number of rotatable bonds is 4. The summed E-state index contributed by atoms with van der Waals surface area (Å²) in [6.07, 6.45) is 3.72. The van der Waals surface area contributed by atoms with Gasteiger partial charge in [-0.15, -0.1) is 4.98 Å². The predicted octanol–water partition coefficient (Wildman–Crippen LogP) is 3.66. The van der Waals surface area contributed by atoms with Crippen LogP contribution in [0.3, 0.4) is 0 Å². The van der Waals surface area contributed by atoms with E-state index in [0.717, 1.165) is 23.1 Å². The van der Waals surface area contributed by atoms with Crippen LogP contribution in [0.25, 0.3) is 27.0 Å². The molecule has 1 saturated heterocycles. The number of amides is 2. The number of nitrogens with one attached hydrogen (secondary N) is 1. The minimum absolute atomic E-state index is 0.168. The standard InChI is InChI=1S/C24H26N6O2/c1-15(2)13-29-14-18(16-6-9-20(25-5)27-12-16)17-7-8-19(28-21(17)29)22(31)30-11-10-26-23(32)24(30,3)4/h6-9,12,14-15H,10-11,13H2,1-4H3,(H,26,32). The molecule has 0 saturated carbocycles. The Bertz CT molecular complexity index is 1230. The summed E-state index contributed by atoms with van der Waals surface area (Å²) < 4.78 is 2.06. The van der Waals surface area contributed by atoms with Crippen molar-refractivity contribution in [3.63, 3.8) is 0 Å². The Morgan fingerprint density at radius 1 is 1.28 bits per heavy atom. The molecule has 1 fully saturated rings. The molecular formula is C24H26N6O2. The van der Waals surface area contributed by atoms with Crippen LogP contribution >= 0.6 is 0 Å². The predicted molar refractivity (Wildman–Crippen MR) is 122 cm³/mol. The molecule has 0 atom stereocenters. The molecule has 8 heteroatoms. The van der Waals surface area contributed by atoms with Crippen LogP contribution in [0.5, 0.6) is 0 Å². The molecule has 3 aromatic heterocycles. The first-order chi connectivity index (χ1) is 15.2. The first-order valence-electron chi connectivity index (χ1n) is 10.7. The highest BCUT2D eigenvalue weighted by Gasteiger charge is 2.41. The van der Waals surface area contributed by atoms with E-state index >= 15 is 0 Å². The van der Waals surface area contributed by atoms with Crippen LogP contribution in [0.2, 0.25) is 0 Å².